The summed E-state index contributed by atoms with van der Waals surface area (Å²) < 4.78 is 5.40. The van der Waals surface area contributed by atoms with Crippen molar-refractivity contribution in [1.82, 2.24) is 9.97 Å². The molecule has 0 aliphatic heterocycles. The number of anilines is 1. The van der Waals surface area contributed by atoms with E-state index in [-0.39, 0.29) is 5.95 Å². The Hall–Kier alpha value is -1.32. The zero-order valence-electron chi connectivity index (χ0n) is 8.57. The molecule has 0 saturated heterocycles. The van der Waals surface area contributed by atoms with E-state index in [9.17, 15) is 0 Å². The molecule has 0 radical (unpaired) electrons. The quantitative estimate of drug-likeness (QED) is 0.705. The van der Waals surface area contributed by atoms with Gasteiger partial charge in [0, 0.05) is 12.3 Å². The highest BCUT2D eigenvalue weighted by molar-refractivity contribution is 5.20. The molecule has 1 heterocycles. The summed E-state index contributed by atoms with van der Waals surface area (Å²) in [6.07, 6.45) is 6.37. The number of nitrogens with two attached hydrogens (primary N) is 1. The molecule has 78 valence electrons. The van der Waals surface area contributed by atoms with E-state index in [1.54, 1.807) is 12.3 Å². The summed E-state index contributed by atoms with van der Waals surface area (Å²) in [7, 11) is 0. The molecule has 1 aromatic rings. The predicted octanol–water partition coefficient (Wildman–Crippen LogP) is 2.02. The third kappa shape index (κ3) is 4.07. The van der Waals surface area contributed by atoms with Gasteiger partial charge in [0.25, 0.3) is 0 Å². The van der Waals surface area contributed by atoms with Crippen LogP contribution in [0.5, 0.6) is 5.88 Å². The molecular formula is C10H17N3O. The van der Waals surface area contributed by atoms with Crippen LogP contribution in [0.1, 0.15) is 32.6 Å². The Labute approximate surface area is 84.5 Å². The molecular weight excluding hydrogens is 178 g/mol. The molecule has 0 saturated carbocycles. The molecule has 0 unspecified atom stereocenters. The SMILES string of the molecule is CCCCCCOc1ccnc(N)n1. The van der Waals surface area contributed by atoms with E-state index in [2.05, 4.69) is 16.9 Å². The fraction of sp³-hybridized carbons (Fsp3) is 0.600. The summed E-state index contributed by atoms with van der Waals surface area (Å²) in [4.78, 5) is 7.72. The van der Waals surface area contributed by atoms with Crippen LogP contribution in [0.15, 0.2) is 12.3 Å². The van der Waals surface area contributed by atoms with Gasteiger partial charge in [0.2, 0.25) is 11.8 Å². The summed E-state index contributed by atoms with van der Waals surface area (Å²) in [6, 6.07) is 1.72. The molecule has 0 atom stereocenters. The van der Waals surface area contributed by atoms with Crippen molar-refractivity contribution >= 4 is 5.95 Å². The van der Waals surface area contributed by atoms with Crippen molar-refractivity contribution in [2.24, 2.45) is 0 Å². The molecule has 0 spiro atoms. The lowest BCUT2D eigenvalue weighted by Gasteiger charge is -2.04. The zero-order valence-corrected chi connectivity index (χ0v) is 8.57. The fourth-order valence-electron chi connectivity index (χ4n) is 1.14. The average molecular weight is 195 g/mol. The van der Waals surface area contributed by atoms with Crippen molar-refractivity contribution in [2.45, 2.75) is 32.6 Å². The first-order valence-electron chi connectivity index (χ1n) is 5.04. The Morgan fingerprint density at radius 2 is 2.21 bits per heavy atom. The topological polar surface area (TPSA) is 61.0 Å². The fourth-order valence-corrected chi connectivity index (χ4v) is 1.14. The van der Waals surface area contributed by atoms with Crippen LogP contribution in [0.25, 0.3) is 0 Å². The predicted molar refractivity (Wildman–Crippen MR) is 56.1 cm³/mol. The monoisotopic (exact) mass is 195 g/mol. The highest BCUT2D eigenvalue weighted by Gasteiger charge is 1.95. The van der Waals surface area contributed by atoms with Crippen molar-refractivity contribution < 1.29 is 4.74 Å². The zero-order chi connectivity index (χ0) is 10.2. The molecule has 1 aromatic heterocycles. The van der Waals surface area contributed by atoms with E-state index in [0.29, 0.717) is 12.5 Å². The summed E-state index contributed by atoms with van der Waals surface area (Å²) in [5.41, 5.74) is 5.41. The standard InChI is InChI=1S/C10H17N3O/c1-2-3-4-5-8-14-9-6-7-12-10(11)13-9/h6-7H,2-5,8H2,1H3,(H2,11,12,13). The molecule has 0 bridgehead atoms. The second kappa shape index (κ2) is 6.18. The molecule has 0 aromatic carbocycles. The van der Waals surface area contributed by atoms with Crippen LogP contribution >= 0.6 is 0 Å². The minimum absolute atomic E-state index is 0.260. The van der Waals surface area contributed by atoms with Crippen molar-refractivity contribution in [1.29, 1.82) is 0 Å². The molecule has 4 nitrogen and oxygen atoms in total. The van der Waals surface area contributed by atoms with Gasteiger partial charge in [-0.2, -0.15) is 4.98 Å². The van der Waals surface area contributed by atoms with Gasteiger partial charge in [0.05, 0.1) is 6.61 Å². The summed E-state index contributed by atoms with van der Waals surface area (Å²) in [6.45, 7) is 2.89. The summed E-state index contributed by atoms with van der Waals surface area (Å²) >= 11 is 0. The smallest absolute Gasteiger partial charge is 0.223 e. The maximum absolute atomic E-state index is 5.41. The largest absolute Gasteiger partial charge is 0.478 e. The third-order valence-electron chi connectivity index (χ3n) is 1.90. The maximum atomic E-state index is 5.41. The van der Waals surface area contributed by atoms with Gasteiger partial charge in [-0.1, -0.05) is 26.2 Å². The van der Waals surface area contributed by atoms with E-state index in [0.717, 1.165) is 6.42 Å². The molecule has 1 rings (SSSR count). The van der Waals surface area contributed by atoms with Crippen molar-refractivity contribution in [3.8, 4) is 5.88 Å². The lowest BCUT2D eigenvalue weighted by molar-refractivity contribution is 0.294. The number of aromatic nitrogens is 2. The van der Waals surface area contributed by atoms with Crippen LogP contribution in [-0.2, 0) is 0 Å². The Morgan fingerprint density at radius 3 is 2.93 bits per heavy atom. The van der Waals surface area contributed by atoms with Gasteiger partial charge in [-0.15, -0.1) is 0 Å². The Bertz CT molecular complexity index is 265. The first-order valence-corrected chi connectivity index (χ1v) is 5.04. The first-order chi connectivity index (χ1) is 6.83. The Balaban J connectivity index is 2.18. The van der Waals surface area contributed by atoms with E-state index in [4.69, 9.17) is 10.5 Å². The molecule has 0 amide bonds. The van der Waals surface area contributed by atoms with Crippen molar-refractivity contribution in [3.05, 3.63) is 12.3 Å². The lowest BCUT2D eigenvalue weighted by Crippen LogP contribution is -2.01. The number of ether oxygens (including phenoxy) is 1. The molecule has 4 heteroatoms. The summed E-state index contributed by atoms with van der Waals surface area (Å²) in [5.74, 6) is 0.824. The van der Waals surface area contributed by atoms with E-state index in [1.807, 2.05) is 0 Å². The van der Waals surface area contributed by atoms with Gasteiger partial charge in [0.15, 0.2) is 0 Å². The first kappa shape index (κ1) is 10.8. The Morgan fingerprint density at radius 1 is 1.36 bits per heavy atom. The van der Waals surface area contributed by atoms with Gasteiger partial charge in [-0.25, -0.2) is 4.98 Å². The van der Waals surface area contributed by atoms with Crippen LogP contribution in [-0.4, -0.2) is 16.6 Å². The number of nitrogens with zero attached hydrogens (tertiary/aromatic N) is 2. The third-order valence-corrected chi connectivity index (χ3v) is 1.90. The van der Waals surface area contributed by atoms with Crippen molar-refractivity contribution in [2.75, 3.05) is 12.3 Å². The number of nitrogen functional groups attached to an aromatic ring is 1. The molecule has 14 heavy (non-hydrogen) atoms. The van der Waals surface area contributed by atoms with Crippen LogP contribution in [0.4, 0.5) is 5.95 Å². The van der Waals surface area contributed by atoms with E-state index in [1.165, 1.54) is 19.3 Å². The van der Waals surface area contributed by atoms with Gasteiger partial charge in [0.1, 0.15) is 0 Å². The van der Waals surface area contributed by atoms with Gasteiger partial charge >= 0.3 is 0 Å². The molecule has 0 aliphatic carbocycles. The number of hydrogen-bond acceptors (Lipinski definition) is 4. The van der Waals surface area contributed by atoms with Gasteiger partial charge < -0.3 is 10.5 Å². The molecule has 0 aliphatic rings. The number of unbranched alkanes of at least 4 members (excludes halogenated alkanes) is 3. The van der Waals surface area contributed by atoms with Crippen LogP contribution in [0.3, 0.4) is 0 Å². The molecule has 2 N–H and O–H groups in total. The van der Waals surface area contributed by atoms with Crippen LogP contribution in [0, 0.1) is 0 Å². The number of rotatable bonds is 6. The van der Waals surface area contributed by atoms with Gasteiger partial charge in [-0.3, -0.25) is 0 Å². The normalized spacial score (nSPS) is 10.1. The highest BCUT2D eigenvalue weighted by Crippen LogP contribution is 2.07. The van der Waals surface area contributed by atoms with Crippen LogP contribution in [0.2, 0.25) is 0 Å². The van der Waals surface area contributed by atoms with E-state index >= 15 is 0 Å². The minimum Gasteiger partial charge on any atom is -0.478 e. The summed E-state index contributed by atoms with van der Waals surface area (Å²) in [5, 5.41) is 0. The van der Waals surface area contributed by atoms with Crippen molar-refractivity contribution in [3.63, 3.8) is 0 Å². The van der Waals surface area contributed by atoms with Gasteiger partial charge in [-0.05, 0) is 6.42 Å². The maximum Gasteiger partial charge on any atom is 0.223 e. The average Bonchev–Trinajstić information content (AvgIpc) is 2.18. The Kier molecular flexibility index (Phi) is 4.75. The lowest BCUT2D eigenvalue weighted by atomic mass is 10.2. The number of hydrogen-bond donors (Lipinski definition) is 1. The van der Waals surface area contributed by atoms with Crippen LogP contribution < -0.4 is 10.5 Å². The second-order valence-corrected chi connectivity index (χ2v) is 3.16. The molecule has 0 fully saturated rings. The second-order valence-electron chi connectivity index (χ2n) is 3.16. The minimum atomic E-state index is 0.260. The van der Waals surface area contributed by atoms with E-state index < -0.39 is 0 Å². The highest BCUT2D eigenvalue weighted by atomic mass is 16.5.